The van der Waals surface area contributed by atoms with Crippen LogP contribution in [-0.2, 0) is 4.74 Å². The Hall–Kier alpha value is -1.17. The van der Waals surface area contributed by atoms with Crippen molar-refractivity contribution in [1.29, 1.82) is 0 Å². The molecule has 1 aromatic carbocycles. The monoisotopic (exact) mass is 262 g/mol. The van der Waals surface area contributed by atoms with E-state index in [0.29, 0.717) is 16.7 Å². The van der Waals surface area contributed by atoms with E-state index in [2.05, 4.69) is 4.74 Å². The Bertz CT molecular complexity index is 458. The summed E-state index contributed by atoms with van der Waals surface area (Å²) in [4.78, 5) is 9.42. The molecular weight excluding hydrogens is 253 g/mol. The third kappa shape index (κ3) is 1.90. The van der Waals surface area contributed by atoms with Crippen molar-refractivity contribution in [2.75, 3.05) is 0 Å². The molecule has 2 nitrogen and oxygen atoms in total. The maximum Gasteiger partial charge on any atom is 0.438 e. The van der Waals surface area contributed by atoms with E-state index in [9.17, 15) is 18.0 Å². The number of carbonyl (C=O) groups excluding carboxylic acids is 1. The first-order chi connectivity index (χ1) is 7.89. The summed E-state index contributed by atoms with van der Waals surface area (Å²) in [6.07, 6.45) is -4.91. The number of cyclic esters (lactones) is 1. The molecule has 0 aliphatic carbocycles. The molecule has 0 bridgehead atoms. The number of fused-ring (bicyclic) bond motifs is 1. The number of esters is 1. The number of thioether (sulfide) groups is 1. The summed E-state index contributed by atoms with van der Waals surface area (Å²) in [7, 11) is 0. The second-order valence-corrected chi connectivity index (χ2v) is 4.90. The molecule has 1 aliphatic rings. The molecule has 2 rings (SSSR count). The SMILES string of the molecule is CCC1(C(F)(F)F)OC(=O)c2ccccc2S1. The zero-order valence-electron chi connectivity index (χ0n) is 8.88. The van der Waals surface area contributed by atoms with E-state index in [-0.39, 0.29) is 12.0 Å². The zero-order valence-corrected chi connectivity index (χ0v) is 9.69. The highest BCUT2D eigenvalue weighted by atomic mass is 32.2. The van der Waals surface area contributed by atoms with Gasteiger partial charge < -0.3 is 4.74 Å². The minimum absolute atomic E-state index is 0.186. The molecule has 0 spiro atoms. The van der Waals surface area contributed by atoms with Crippen molar-refractivity contribution in [2.24, 2.45) is 0 Å². The number of carbonyl (C=O) groups is 1. The zero-order chi connectivity index (χ0) is 12.7. The standard InChI is InChI=1S/C11H9F3O2S/c1-2-10(11(12,13)14)16-9(15)7-5-3-4-6-8(7)17-10/h3-6H,2H2,1H3. The molecule has 1 atom stereocenters. The number of benzene rings is 1. The number of hydrogen-bond acceptors (Lipinski definition) is 3. The third-order valence-electron chi connectivity index (χ3n) is 2.54. The summed E-state index contributed by atoms with van der Waals surface area (Å²) in [5.74, 6) is -0.918. The minimum atomic E-state index is -4.59. The van der Waals surface area contributed by atoms with Gasteiger partial charge in [0, 0.05) is 11.3 Å². The molecule has 0 N–H and O–H groups in total. The predicted molar refractivity (Wildman–Crippen MR) is 56.8 cm³/mol. The Labute approximate surface area is 100 Å². The number of rotatable bonds is 1. The lowest BCUT2D eigenvalue weighted by molar-refractivity contribution is -0.221. The van der Waals surface area contributed by atoms with E-state index in [1.54, 1.807) is 12.1 Å². The average molecular weight is 262 g/mol. The quantitative estimate of drug-likeness (QED) is 0.723. The number of alkyl halides is 3. The first-order valence-electron chi connectivity index (χ1n) is 4.98. The Balaban J connectivity index is 2.48. The summed E-state index contributed by atoms with van der Waals surface area (Å²) in [5, 5.41) is 0. The highest BCUT2D eigenvalue weighted by Crippen LogP contribution is 2.52. The van der Waals surface area contributed by atoms with Gasteiger partial charge in [0.15, 0.2) is 0 Å². The summed E-state index contributed by atoms with van der Waals surface area (Å²) in [6, 6.07) is 6.14. The average Bonchev–Trinajstić information content (AvgIpc) is 2.27. The lowest BCUT2D eigenvalue weighted by atomic mass is 10.2. The van der Waals surface area contributed by atoms with Crippen LogP contribution >= 0.6 is 11.8 Å². The summed E-state index contributed by atoms with van der Waals surface area (Å²) in [6.45, 7) is 1.35. The van der Waals surface area contributed by atoms with Crippen LogP contribution < -0.4 is 0 Å². The molecule has 1 heterocycles. The number of halogens is 3. The predicted octanol–water partition coefficient (Wildman–Crippen LogP) is 3.62. The van der Waals surface area contributed by atoms with Gasteiger partial charge in [-0.25, -0.2) is 4.79 Å². The molecule has 0 radical (unpaired) electrons. The molecule has 1 aliphatic heterocycles. The maximum atomic E-state index is 13.0. The van der Waals surface area contributed by atoms with Gasteiger partial charge in [-0.05, 0) is 12.1 Å². The first-order valence-corrected chi connectivity index (χ1v) is 5.79. The van der Waals surface area contributed by atoms with Crippen LogP contribution in [-0.4, -0.2) is 17.1 Å². The third-order valence-corrected chi connectivity index (χ3v) is 4.05. The van der Waals surface area contributed by atoms with Gasteiger partial charge >= 0.3 is 12.1 Å². The minimum Gasteiger partial charge on any atom is -0.434 e. The summed E-state index contributed by atoms with van der Waals surface area (Å²) >= 11 is 0.547. The molecule has 0 saturated heterocycles. The van der Waals surface area contributed by atoms with E-state index in [1.807, 2.05) is 0 Å². The molecule has 0 aromatic heterocycles. The number of hydrogen-bond donors (Lipinski definition) is 0. The van der Waals surface area contributed by atoms with Crippen LogP contribution in [0.1, 0.15) is 23.7 Å². The summed E-state index contributed by atoms with van der Waals surface area (Å²) in [5.41, 5.74) is 0.186. The van der Waals surface area contributed by atoms with Gasteiger partial charge in [0.25, 0.3) is 4.93 Å². The Morgan fingerprint density at radius 1 is 1.35 bits per heavy atom. The Morgan fingerprint density at radius 2 is 2.00 bits per heavy atom. The molecule has 0 fully saturated rings. The van der Waals surface area contributed by atoms with Crippen LogP contribution in [0, 0.1) is 0 Å². The molecule has 0 amide bonds. The summed E-state index contributed by atoms with van der Waals surface area (Å²) < 4.78 is 43.5. The lowest BCUT2D eigenvalue weighted by Gasteiger charge is -2.37. The van der Waals surface area contributed by atoms with E-state index >= 15 is 0 Å². The van der Waals surface area contributed by atoms with E-state index < -0.39 is 17.1 Å². The topological polar surface area (TPSA) is 26.3 Å². The van der Waals surface area contributed by atoms with Crippen LogP contribution in [0.15, 0.2) is 29.2 Å². The van der Waals surface area contributed by atoms with Crippen molar-refractivity contribution in [3.63, 3.8) is 0 Å². The van der Waals surface area contributed by atoms with Crippen molar-refractivity contribution in [3.05, 3.63) is 29.8 Å². The van der Waals surface area contributed by atoms with Crippen LogP contribution in [0.5, 0.6) is 0 Å². The normalized spacial score (nSPS) is 24.1. The lowest BCUT2D eigenvalue weighted by Crippen LogP contribution is -2.47. The smallest absolute Gasteiger partial charge is 0.434 e. The largest absolute Gasteiger partial charge is 0.438 e. The molecule has 1 aromatic rings. The number of ether oxygens (including phenoxy) is 1. The molecule has 92 valence electrons. The van der Waals surface area contributed by atoms with Crippen molar-refractivity contribution in [2.45, 2.75) is 29.3 Å². The van der Waals surface area contributed by atoms with Gasteiger partial charge in [-0.15, -0.1) is 0 Å². The van der Waals surface area contributed by atoms with Crippen molar-refractivity contribution in [3.8, 4) is 0 Å². The van der Waals surface area contributed by atoms with Gasteiger partial charge in [-0.1, -0.05) is 30.8 Å². The fraction of sp³-hybridized carbons (Fsp3) is 0.364. The first kappa shape index (κ1) is 12.3. The van der Waals surface area contributed by atoms with Crippen LogP contribution in [0.4, 0.5) is 13.2 Å². The Kier molecular flexibility index (Phi) is 2.85. The highest BCUT2D eigenvalue weighted by Gasteiger charge is 2.60. The van der Waals surface area contributed by atoms with Gasteiger partial charge in [0.1, 0.15) is 0 Å². The van der Waals surface area contributed by atoms with Crippen molar-refractivity contribution >= 4 is 17.7 Å². The van der Waals surface area contributed by atoms with E-state index in [0.717, 1.165) is 0 Å². The van der Waals surface area contributed by atoms with Gasteiger partial charge in [0.2, 0.25) is 0 Å². The van der Waals surface area contributed by atoms with Crippen LogP contribution in [0.3, 0.4) is 0 Å². The highest BCUT2D eigenvalue weighted by molar-refractivity contribution is 8.00. The van der Waals surface area contributed by atoms with Crippen LogP contribution in [0.25, 0.3) is 0 Å². The molecule has 17 heavy (non-hydrogen) atoms. The van der Waals surface area contributed by atoms with E-state index in [1.165, 1.54) is 19.1 Å². The van der Waals surface area contributed by atoms with Gasteiger partial charge in [-0.2, -0.15) is 13.2 Å². The van der Waals surface area contributed by atoms with E-state index in [4.69, 9.17) is 0 Å². The second-order valence-electron chi connectivity index (χ2n) is 3.59. The molecular formula is C11H9F3O2S. The molecule has 6 heteroatoms. The molecule has 1 unspecified atom stereocenters. The Morgan fingerprint density at radius 3 is 2.59 bits per heavy atom. The fourth-order valence-corrected chi connectivity index (χ4v) is 2.73. The van der Waals surface area contributed by atoms with Crippen LogP contribution in [0.2, 0.25) is 0 Å². The fourth-order valence-electron chi connectivity index (χ4n) is 1.59. The van der Waals surface area contributed by atoms with Crippen molar-refractivity contribution < 1.29 is 22.7 Å². The maximum absolute atomic E-state index is 13.0. The van der Waals surface area contributed by atoms with Crippen molar-refractivity contribution in [1.82, 2.24) is 0 Å². The van der Waals surface area contributed by atoms with Gasteiger partial charge in [-0.3, -0.25) is 0 Å². The van der Waals surface area contributed by atoms with Gasteiger partial charge in [0.05, 0.1) is 5.56 Å². The second kappa shape index (κ2) is 3.94. The molecule has 0 saturated carbocycles.